The van der Waals surface area contributed by atoms with E-state index < -0.39 is 17.3 Å². The van der Waals surface area contributed by atoms with Crippen LogP contribution in [-0.4, -0.2) is 49.2 Å². The summed E-state index contributed by atoms with van der Waals surface area (Å²) in [5.41, 5.74) is 7.20. The number of carbonyl (C=O) groups is 1. The van der Waals surface area contributed by atoms with Crippen molar-refractivity contribution in [2.75, 3.05) is 18.8 Å². The Balaban J connectivity index is 1.29. The molecule has 3 heterocycles. The van der Waals surface area contributed by atoms with Crippen molar-refractivity contribution in [3.05, 3.63) is 52.8 Å². The number of likely N-dealkylation sites (tertiary alicyclic amines) is 1. The first-order valence-corrected chi connectivity index (χ1v) is 12.6. The van der Waals surface area contributed by atoms with E-state index in [2.05, 4.69) is 16.3 Å². The van der Waals surface area contributed by atoms with E-state index >= 15 is 0 Å². The molecule has 1 amide bonds. The lowest BCUT2D eigenvalue weighted by atomic mass is 9.61. The number of nitrogen functional groups attached to an aromatic ring is 1. The van der Waals surface area contributed by atoms with Crippen molar-refractivity contribution in [1.29, 1.82) is 5.26 Å². The van der Waals surface area contributed by atoms with Crippen molar-refractivity contribution in [3.8, 4) is 17.3 Å². The molecule has 2 fully saturated rings. The Morgan fingerprint density at radius 2 is 1.92 bits per heavy atom. The quantitative estimate of drug-likeness (QED) is 0.489. The summed E-state index contributed by atoms with van der Waals surface area (Å²) >= 11 is 0. The maximum atomic E-state index is 13.2. The van der Waals surface area contributed by atoms with Crippen LogP contribution in [0.1, 0.15) is 61.9 Å². The van der Waals surface area contributed by atoms with Crippen LogP contribution < -0.4 is 5.73 Å². The Hall–Kier alpha value is -4.01. The van der Waals surface area contributed by atoms with E-state index in [4.69, 9.17) is 10.5 Å². The summed E-state index contributed by atoms with van der Waals surface area (Å²) in [6, 6.07) is 6.02. The first-order valence-electron chi connectivity index (χ1n) is 12.6. The molecular weight excluding hydrogens is 511 g/mol. The van der Waals surface area contributed by atoms with Crippen molar-refractivity contribution in [2.24, 2.45) is 5.41 Å². The van der Waals surface area contributed by atoms with Gasteiger partial charge in [0.2, 0.25) is 0 Å². The number of anilines is 1. The van der Waals surface area contributed by atoms with Crippen molar-refractivity contribution in [3.63, 3.8) is 0 Å². The van der Waals surface area contributed by atoms with E-state index in [9.17, 15) is 23.2 Å². The van der Waals surface area contributed by atoms with Gasteiger partial charge >= 0.3 is 12.3 Å². The Morgan fingerprint density at radius 1 is 1.23 bits per heavy atom. The Labute approximate surface area is 223 Å². The maximum absolute atomic E-state index is 13.2. The van der Waals surface area contributed by atoms with Gasteiger partial charge in [0.15, 0.2) is 0 Å². The van der Waals surface area contributed by atoms with E-state index in [1.165, 1.54) is 10.9 Å². The number of benzene rings is 1. The second-order valence-corrected chi connectivity index (χ2v) is 11.7. The lowest BCUT2D eigenvalue weighted by Crippen LogP contribution is -2.64. The van der Waals surface area contributed by atoms with Crippen LogP contribution in [0.5, 0.6) is 0 Å². The van der Waals surface area contributed by atoms with E-state index in [1.54, 1.807) is 28.8 Å². The number of aromatic nitrogens is 4. The van der Waals surface area contributed by atoms with E-state index in [1.807, 2.05) is 20.8 Å². The van der Waals surface area contributed by atoms with Crippen molar-refractivity contribution in [2.45, 2.75) is 64.9 Å². The Kier molecular flexibility index (Phi) is 6.16. The van der Waals surface area contributed by atoms with Gasteiger partial charge in [-0.05, 0) is 58.2 Å². The molecule has 2 aliphatic rings. The summed E-state index contributed by atoms with van der Waals surface area (Å²) in [5, 5.41) is 18.7. The van der Waals surface area contributed by atoms with Gasteiger partial charge in [0, 0.05) is 30.3 Å². The third kappa shape index (κ3) is 5.17. The highest BCUT2D eigenvalue weighted by atomic mass is 19.4. The third-order valence-electron chi connectivity index (χ3n) is 7.16. The number of amides is 1. The fourth-order valence-electron chi connectivity index (χ4n) is 5.50. The minimum atomic E-state index is -4.43. The number of rotatable bonds is 4. The zero-order valence-corrected chi connectivity index (χ0v) is 22.2. The van der Waals surface area contributed by atoms with Gasteiger partial charge in [0.05, 0.1) is 24.3 Å². The summed E-state index contributed by atoms with van der Waals surface area (Å²) < 4.78 is 48.3. The average Bonchev–Trinajstić information content (AvgIpc) is 3.33. The number of hydrogen-bond acceptors (Lipinski definition) is 6. The average molecular weight is 542 g/mol. The standard InChI is InChI=1S/C27H30F3N7O2/c1-16-5-17(7-19(6-16)27(28,29)30)12-36-13-18(11-33-36)22-21(10-31)23(32)37(34-22)20-8-26(9-20)14-35(15-26)24(38)39-25(2,3)4/h5-7,11,13,20H,8-9,12,14-15,32H2,1-4H3. The Bertz CT molecular complexity index is 1460. The number of nitrogens with zero attached hydrogens (tertiary/aromatic N) is 6. The van der Waals surface area contributed by atoms with Crippen molar-refractivity contribution >= 4 is 11.9 Å². The molecule has 1 aliphatic heterocycles. The number of aryl methyl sites for hydroxylation is 1. The fraction of sp³-hybridized carbons (Fsp3) is 0.481. The predicted octanol–water partition coefficient (Wildman–Crippen LogP) is 5.15. The van der Waals surface area contributed by atoms with Crippen LogP contribution in [-0.2, 0) is 17.5 Å². The highest BCUT2D eigenvalue weighted by Gasteiger charge is 2.55. The smallest absolute Gasteiger partial charge is 0.416 e. The van der Waals surface area contributed by atoms with Gasteiger partial charge in [-0.15, -0.1) is 0 Å². The predicted molar refractivity (Wildman–Crippen MR) is 136 cm³/mol. The van der Waals surface area contributed by atoms with Gasteiger partial charge < -0.3 is 15.4 Å². The van der Waals surface area contributed by atoms with E-state index in [-0.39, 0.29) is 35.5 Å². The molecule has 0 unspecified atom stereocenters. The van der Waals surface area contributed by atoms with Crippen LogP contribution in [0.25, 0.3) is 11.3 Å². The van der Waals surface area contributed by atoms with Crippen LogP contribution >= 0.6 is 0 Å². The molecule has 0 radical (unpaired) electrons. The van der Waals surface area contributed by atoms with Gasteiger partial charge in [-0.25, -0.2) is 9.48 Å². The van der Waals surface area contributed by atoms with Crippen LogP contribution in [0.15, 0.2) is 30.6 Å². The second-order valence-electron chi connectivity index (χ2n) is 11.7. The molecule has 1 saturated heterocycles. The number of ether oxygens (including phenoxy) is 1. The lowest BCUT2D eigenvalue weighted by Gasteiger charge is -2.58. The van der Waals surface area contributed by atoms with Gasteiger partial charge in [-0.2, -0.15) is 28.6 Å². The number of carbonyl (C=O) groups excluding carboxylic acids is 1. The van der Waals surface area contributed by atoms with Crippen LogP contribution in [0.4, 0.5) is 23.8 Å². The summed E-state index contributed by atoms with van der Waals surface area (Å²) in [6.45, 7) is 8.47. The van der Waals surface area contributed by atoms with Gasteiger partial charge in [0.1, 0.15) is 28.7 Å². The fourth-order valence-corrected chi connectivity index (χ4v) is 5.50. The molecule has 3 aromatic rings. The van der Waals surface area contributed by atoms with Gasteiger partial charge in [-0.3, -0.25) is 4.68 Å². The molecular formula is C27H30F3N7O2. The van der Waals surface area contributed by atoms with Crippen molar-refractivity contribution < 1.29 is 22.7 Å². The number of alkyl halides is 3. The van der Waals surface area contributed by atoms with Crippen LogP contribution in [0.3, 0.4) is 0 Å². The molecule has 9 nitrogen and oxygen atoms in total. The summed E-state index contributed by atoms with van der Waals surface area (Å²) in [7, 11) is 0. The molecule has 2 aromatic heterocycles. The SMILES string of the molecule is Cc1cc(Cn2cc(-c3nn(C4CC5(C4)CN(C(=O)OC(C)(C)C)C5)c(N)c3C#N)cn2)cc(C(F)(F)F)c1. The minimum absolute atomic E-state index is 0.000890. The number of nitriles is 1. The second kappa shape index (κ2) is 9.03. The van der Waals surface area contributed by atoms with Crippen LogP contribution in [0.2, 0.25) is 0 Å². The minimum Gasteiger partial charge on any atom is -0.444 e. The normalized spacial score (nSPS) is 17.0. The zero-order valence-electron chi connectivity index (χ0n) is 22.2. The highest BCUT2D eigenvalue weighted by Crippen LogP contribution is 2.55. The first kappa shape index (κ1) is 26.6. The summed E-state index contributed by atoms with van der Waals surface area (Å²) in [6.07, 6.45) is -0.0276. The highest BCUT2D eigenvalue weighted by molar-refractivity contribution is 5.72. The molecule has 1 spiro atoms. The van der Waals surface area contributed by atoms with Gasteiger partial charge in [-0.1, -0.05) is 11.6 Å². The summed E-state index contributed by atoms with van der Waals surface area (Å²) in [4.78, 5) is 14.0. The number of halogens is 3. The van der Waals surface area contributed by atoms with Crippen LogP contribution in [0, 0.1) is 23.7 Å². The molecule has 5 rings (SSSR count). The molecule has 1 saturated carbocycles. The van der Waals surface area contributed by atoms with E-state index in [0.29, 0.717) is 35.5 Å². The molecule has 12 heteroatoms. The molecule has 39 heavy (non-hydrogen) atoms. The first-order chi connectivity index (χ1) is 18.2. The molecule has 206 valence electrons. The number of hydrogen-bond donors (Lipinski definition) is 1. The molecule has 0 atom stereocenters. The third-order valence-corrected chi connectivity index (χ3v) is 7.16. The monoisotopic (exact) mass is 541 g/mol. The Morgan fingerprint density at radius 3 is 2.54 bits per heavy atom. The van der Waals surface area contributed by atoms with Crippen molar-refractivity contribution in [1.82, 2.24) is 24.5 Å². The lowest BCUT2D eigenvalue weighted by molar-refractivity contribution is -0.137. The van der Waals surface area contributed by atoms with Gasteiger partial charge in [0.25, 0.3) is 0 Å². The molecule has 0 bridgehead atoms. The molecule has 1 aliphatic carbocycles. The maximum Gasteiger partial charge on any atom is 0.416 e. The largest absolute Gasteiger partial charge is 0.444 e. The molecule has 1 aromatic carbocycles. The molecule has 2 N–H and O–H groups in total. The number of nitrogens with two attached hydrogens (primary N) is 1. The topological polar surface area (TPSA) is 115 Å². The zero-order chi connectivity index (χ0) is 28.3. The summed E-state index contributed by atoms with van der Waals surface area (Å²) in [5.74, 6) is 0.261. The van der Waals surface area contributed by atoms with E-state index in [0.717, 1.165) is 25.0 Å².